The van der Waals surface area contributed by atoms with Crippen LogP contribution in [-0.4, -0.2) is 29.2 Å². The number of carbonyl (C=O) groups is 1. The zero-order chi connectivity index (χ0) is 19.2. The van der Waals surface area contributed by atoms with E-state index in [2.05, 4.69) is 4.98 Å². The highest BCUT2D eigenvalue weighted by Crippen LogP contribution is 2.12. The molecule has 0 saturated heterocycles. The Labute approximate surface area is 157 Å². The minimum absolute atomic E-state index is 0.108. The lowest BCUT2D eigenvalue weighted by molar-refractivity contribution is -0.143. The van der Waals surface area contributed by atoms with Gasteiger partial charge in [-0.3, -0.25) is 14.2 Å². The van der Waals surface area contributed by atoms with Gasteiger partial charge in [0.15, 0.2) is 0 Å². The van der Waals surface area contributed by atoms with Crippen LogP contribution >= 0.6 is 0 Å². The molecule has 3 aromatic rings. The van der Waals surface area contributed by atoms with E-state index in [-0.39, 0.29) is 17.9 Å². The van der Waals surface area contributed by atoms with Gasteiger partial charge in [-0.05, 0) is 29.8 Å². The molecule has 2 aromatic carbocycles. The smallest absolute Gasteiger partial charge is 0.306 e. The van der Waals surface area contributed by atoms with Gasteiger partial charge in [0.25, 0.3) is 5.56 Å². The number of aryl methyl sites for hydroxylation is 1. The maximum atomic E-state index is 12.4. The lowest BCUT2D eigenvalue weighted by Crippen LogP contribution is -2.23. The summed E-state index contributed by atoms with van der Waals surface area (Å²) in [5.74, 6) is 1.07. The number of para-hydroxylation sites is 1. The first-order chi connectivity index (χ1) is 13.1. The van der Waals surface area contributed by atoms with E-state index in [1.807, 2.05) is 36.4 Å². The Bertz CT molecular complexity index is 993. The van der Waals surface area contributed by atoms with Crippen molar-refractivity contribution in [3.63, 3.8) is 0 Å². The van der Waals surface area contributed by atoms with Crippen molar-refractivity contribution in [2.24, 2.45) is 7.05 Å². The van der Waals surface area contributed by atoms with E-state index in [4.69, 9.17) is 9.47 Å². The molecule has 0 amide bonds. The summed E-state index contributed by atoms with van der Waals surface area (Å²) in [6.07, 6.45) is 1.18. The van der Waals surface area contributed by atoms with Crippen molar-refractivity contribution < 1.29 is 14.3 Å². The van der Waals surface area contributed by atoms with E-state index in [9.17, 15) is 9.59 Å². The Kier molecular flexibility index (Phi) is 5.86. The van der Waals surface area contributed by atoms with E-state index in [0.717, 1.165) is 11.3 Å². The summed E-state index contributed by atoms with van der Waals surface area (Å²) in [5.41, 5.74) is 1.61. The second-order valence-electron chi connectivity index (χ2n) is 6.23. The van der Waals surface area contributed by atoms with Crippen LogP contribution in [0.1, 0.15) is 17.8 Å². The van der Waals surface area contributed by atoms with Gasteiger partial charge in [-0.1, -0.05) is 24.3 Å². The molecule has 0 radical (unpaired) electrons. The summed E-state index contributed by atoms with van der Waals surface area (Å²) >= 11 is 0. The molecule has 0 atom stereocenters. The van der Waals surface area contributed by atoms with Crippen molar-refractivity contribution in [2.45, 2.75) is 19.3 Å². The summed E-state index contributed by atoms with van der Waals surface area (Å²) < 4.78 is 11.9. The fourth-order valence-electron chi connectivity index (χ4n) is 2.85. The molecule has 0 spiro atoms. The topological polar surface area (TPSA) is 70.4 Å². The predicted octanol–water partition coefficient (Wildman–Crippen LogP) is 2.66. The van der Waals surface area contributed by atoms with Crippen molar-refractivity contribution in [2.75, 3.05) is 13.7 Å². The normalized spacial score (nSPS) is 10.7. The Balaban J connectivity index is 1.53. The molecule has 1 heterocycles. The number of methoxy groups -OCH3 is 1. The van der Waals surface area contributed by atoms with Crippen LogP contribution in [-0.2, 0) is 29.4 Å². The number of carbonyl (C=O) groups excluding carboxylic acids is 1. The second-order valence-corrected chi connectivity index (χ2v) is 6.23. The van der Waals surface area contributed by atoms with Crippen molar-refractivity contribution in [1.29, 1.82) is 0 Å². The first kappa shape index (κ1) is 18.6. The summed E-state index contributed by atoms with van der Waals surface area (Å²) in [7, 11) is 3.29. The standard InChI is InChI=1S/C21H22N2O4/c1-23-19(22-18-6-4-3-5-17(18)21(23)25)11-12-20(24)27-14-13-15-7-9-16(26-2)10-8-15/h3-10H,11-14H2,1-2H3. The highest BCUT2D eigenvalue weighted by Gasteiger charge is 2.10. The fourth-order valence-corrected chi connectivity index (χ4v) is 2.85. The summed E-state index contributed by atoms with van der Waals surface area (Å²) in [6, 6.07) is 14.8. The van der Waals surface area contributed by atoms with Crippen molar-refractivity contribution >= 4 is 16.9 Å². The molecule has 1 aromatic heterocycles. The third kappa shape index (κ3) is 4.53. The third-order valence-electron chi connectivity index (χ3n) is 4.44. The summed E-state index contributed by atoms with van der Waals surface area (Å²) in [4.78, 5) is 28.9. The van der Waals surface area contributed by atoms with Gasteiger partial charge in [0.2, 0.25) is 0 Å². The number of hydrogen-bond acceptors (Lipinski definition) is 5. The van der Waals surface area contributed by atoms with Gasteiger partial charge >= 0.3 is 5.97 Å². The third-order valence-corrected chi connectivity index (χ3v) is 4.44. The van der Waals surface area contributed by atoms with Crippen LogP contribution in [0.3, 0.4) is 0 Å². The molecule has 0 unspecified atom stereocenters. The largest absolute Gasteiger partial charge is 0.497 e. The van der Waals surface area contributed by atoms with Gasteiger partial charge in [0.1, 0.15) is 11.6 Å². The zero-order valence-electron chi connectivity index (χ0n) is 15.5. The Morgan fingerprint density at radius 3 is 2.56 bits per heavy atom. The molecule has 0 N–H and O–H groups in total. The molecule has 0 aliphatic heterocycles. The monoisotopic (exact) mass is 366 g/mol. The Morgan fingerprint density at radius 1 is 1.07 bits per heavy atom. The molecule has 140 valence electrons. The number of esters is 1. The molecule has 0 fully saturated rings. The van der Waals surface area contributed by atoms with Gasteiger partial charge in [-0.25, -0.2) is 4.98 Å². The number of aromatic nitrogens is 2. The quantitative estimate of drug-likeness (QED) is 0.601. The first-order valence-corrected chi connectivity index (χ1v) is 8.81. The van der Waals surface area contributed by atoms with Gasteiger partial charge in [0.05, 0.1) is 31.0 Å². The lowest BCUT2D eigenvalue weighted by atomic mass is 10.1. The van der Waals surface area contributed by atoms with Gasteiger partial charge in [-0.2, -0.15) is 0 Å². The number of nitrogens with zero attached hydrogens (tertiary/aromatic N) is 2. The van der Waals surface area contributed by atoms with E-state index in [0.29, 0.717) is 36.2 Å². The van der Waals surface area contributed by atoms with E-state index in [1.165, 1.54) is 4.57 Å². The van der Waals surface area contributed by atoms with Crippen LogP contribution in [0.15, 0.2) is 53.3 Å². The number of benzene rings is 2. The van der Waals surface area contributed by atoms with Gasteiger partial charge in [0, 0.05) is 19.9 Å². The maximum Gasteiger partial charge on any atom is 0.306 e. The molecule has 6 nitrogen and oxygen atoms in total. The van der Waals surface area contributed by atoms with E-state index in [1.54, 1.807) is 26.3 Å². The van der Waals surface area contributed by atoms with Crippen LogP contribution in [0.5, 0.6) is 5.75 Å². The van der Waals surface area contributed by atoms with Crippen LogP contribution in [0, 0.1) is 0 Å². The molecular weight excluding hydrogens is 344 g/mol. The molecule has 27 heavy (non-hydrogen) atoms. The van der Waals surface area contributed by atoms with Crippen LogP contribution < -0.4 is 10.3 Å². The van der Waals surface area contributed by atoms with Crippen LogP contribution in [0.2, 0.25) is 0 Å². The molecule has 6 heteroatoms. The highest BCUT2D eigenvalue weighted by atomic mass is 16.5. The predicted molar refractivity (Wildman–Crippen MR) is 103 cm³/mol. The van der Waals surface area contributed by atoms with E-state index >= 15 is 0 Å². The molecule has 0 bridgehead atoms. The lowest BCUT2D eigenvalue weighted by Gasteiger charge is -2.09. The number of ether oxygens (including phenoxy) is 2. The molecule has 3 rings (SSSR count). The fraction of sp³-hybridized carbons (Fsp3) is 0.286. The van der Waals surface area contributed by atoms with E-state index < -0.39 is 0 Å². The zero-order valence-corrected chi connectivity index (χ0v) is 15.5. The second kappa shape index (κ2) is 8.49. The first-order valence-electron chi connectivity index (χ1n) is 8.81. The van der Waals surface area contributed by atoms with Crippen molar-refractivity contribution in [3.05, 3.63) is 70.3 Å². The summed E-state index contributed by atoms with van der Waals surface area (Å²) in [6.45, 7) is 0.315. The number of hydrogen-bond donors (Lipinski definition) is 0. The Morgan fingerprint density at radius 2 is 1.81 bits per heavy atom. The van der Waals surface area contributed by atoms with Crippen LogP contribution in [0.4, 0.5) is 0 Å². The summed E-state index contributed by atoms with van der Waals surface area (Å²) in [5, 5.41) is 0.575. The molecular formula is C21H22N2O4. The number of fused-ring (bicyclic) bond motifs is 1. The average Bonchev–Trinajstić information content (AvgIpc) is 2.70. The van der Waals surface area contributed by atoms with Gasteiger partial charge in [-0.15, -0.1) is 0 Å². The molecule has 0 saturated carbocycles. The maximum absolute atomic E-state index is 12.4. The molecule has 0 aliphatic carbocycles. The van der Waals surface area contributed by atoms with Crippen molar-refractivity contribution in [3.8, 4) is 5.75 Å². The Hall–Kier alpha value is -3.15. The molecule has 0 aliphatic rings. The highest BCUT2D eigenvalue weighted by molar-refractivity contribution is 5.77. The minimum Gasteiger partial charge on any atom is -0.497 e. The number of rotatable bonds is 7. The average molecular weight is 366 g/mol. The van der Waals surface area contributed by atoms with Crippen molar-refractivity contribution in [1.82, 2.24) is 9.55 Å². The van der Waals surface area contributed by atoms with Crippen LogP contribution in [0.25, 0.3) is 10.9 Å². The SMILES string of the molecule is COc1ccc(CCOC(=O)CCc2nc3ccccc3c(=O)n2C)cc1. The van der Waals surface area contributed by atoms with Gasteiger partial charge < -0.3 is 9.47 Å². The minimum atomic E-state index is -0.300.